The number of carbonyl (C=O) groups is 1. The molecule has 2 aliphatic rings. The first kappa shape index (κ1) is 22.9. The molecule has 1 amide bonds. The molecule has 4 rings (SSSR count). The predicted molar refractivity (Wildman–Crippen MR) is 131 cm³/mol. The zero-order chi connectivity index (χ0) is 22.3. The lowest BCUT2D eigenvalue weighted by atomic mass is 10.0. The molecule has 0 aliphatic carbocycles. The molecule has 0 bridgehead atoms. The van der Waals surface area contributed by atoms with Gasteiger partial charge < -0.3 is 10.2 Å². The van der Waals surface area contributed by atoms with Gasteiger partial charge in [-0.3, -0.25) is 9.69 Å². The van der Waals surface area contributed by atoms with Crippen LogP contribution in [0.1, 0.15) is 62.0 Å². The maximum Gasteiger partial charge on any atom is 0.269 e. The second kappa shape index (κ2) is 11.1. The van der Waals surface area contributed by atoms with Crippen molar-refractivity contribution >= 4 is 5.91 Å². The summed E-state index contributed by atoms with van der Waals surface area (Å²) in [5.41, 5.74) is 3.73. The van der Waals surface area contributed by atoms with Gasteiger partial charge in [0.1, 0.15) is 5.69 Å². The van der Waals surface area contributed by atoms with Gasteiger partial charge >= 0.3 is 0 Å². The van der Waals surface area contributed by atoms with E-state index in [2.05, 4.69) is 58.2 Å². The topological polar surface area (TPSA) is 48.5 Å². The SMILES string of the molecule is CC[C@H](C)CNC(=O)c1cccc(-c2ccc(CN3CCC(N4CCCC4)CC3)cc2)n1. The van der Waals surface area contributed by atoms with E-state index in [4.69, 9.17) is 0 Å². The summed E-state index contributed by atoms with van der Waals surface area (Å²) in [5.74, 6) is 0.377. The fourth-order valence-electron chi connectivity index (χ4n) is 4.81. The Hall–Kier alpha value is -2.24. The van der Waals surface area contributed by atoms with Crippen LogP contribution in [0.4, 0.5) is 0 Å². The Bertz CT molecular complexity index is 867. The molecule has 0 spiro atoms. The highest BCUT2D eigenvalue weighted by Gasteiger charge is 2.26. The van der Waals surface area contributed by atoms with Gasteiger partial charge in [-0.1, -0.05) is 50.6 Å². The van der Waals surface area contributed by atoms with Gasteiger partial charge in [-0.05, 0) is 75.5 Å². The van der Waals surface area contributed by atoms with Crippen LogP contribution in [0, 0.1) is 5.92 Å². The molecule has 32 heavy (non-hydrogen) atoms. The van der Waals surface area contributed by atoms with E-state index in [1.807, 2.05) is 12.1 Å². The predicted octanol–water partition coefficient (Wildman–Crippen LogP) is 4.58. The second-order valence-electron chi connectivity index (χ2n) is 9.58. The molecule has 0 radical (unpaired) electrons. The van der Waals surface area contributed by atoms with Crippen LogP contribution in [0.3, 0.4) is 0 Å². The first-order valence-electron chi connectivity index (χ1n) is 12.4. The molecule has 1 N–H and O–H groups in total. The van der Waals surface area contributed by atoms with Crippen LogP contribution in [0.2, 0.25) is 0 Å². The lowest BCUT2D eigenvalue weighted by Crippen LogP contribution is -2.43. The highest BCUT2D eigenvalue weighted by molar-refractivity contribution is 5.92. The minimum Gasteiger partial charge on any atom is -0.350 e. The molecule has 5 heteroatoms. The number of hydrogen-bond acceptors (Lipinski definition) is 4. The number of nitrogens with zero attached hydrogens (tertiary/aromatic N) is 3. The Balaban J connectivity index is 1.31. The van der Waals surface area contributed by atoms with Gasteiger partial charge in [-0.25, -0.2) is 4.98 Å². The number of pyridine rings is 1. The van der Waals surface area contributed by atoms with Gasteiger partial charge in [-0.15, -0.1) is 0 Å². The highest BCUT2D eigenvalue weighted by atomic mass is 16.1. The Labute approximate surface area is 193 Å². The van der Waals surface area contributed by atoms with Crippen molar-refractivity contribution in [3.8, 4) is 11.3 Å². The molecule has 2 fully saturated rings. The maximum absolute atomic E-state index is 12.4. The molecular formula is C27H38N4O. The second-order valence-corrected chi connectivity index (χ2v) is 9.58. The van der Waals surface area contributed by atoms with E-state index in [0.29, 0.717) is 18.2 Å². The van der Waals surface area contributed by atoms with Crippen LogP contribution >= 0.6 is 0 Å². The van der Waals surface area contributed by atoms with Gasteiger partial charge in [0.15, 0.2) is 0 Å². The number of likely N-dealkylation sites (tertiary alicyclic amines) is 2. The van der Waals surface area contributed by atoms with Crippen molar-refractivity contribution in [2.24, 2.45) is 5.92 Å². The van der Waals surface area contributed by atoms with Crippen LogP contribution < -0.4 is 5.32 Å². The largest absolute Gasteiger partial charge is 0.350 e. The average molecular weight is 435 g/mol. The molecule has 0 unspecified atom stereocenters. The molecule has 172 valence electrons. The molecule has 5 nitrogen and oxygen atoms in total. The van der Waals surface area contributed by atoms with Gasteiger partial charge in [0.05, 0.1) is 5.69 Å². The fraction of sp³-hybridized carbons (Fsp3) is 0.556. The minimum atomic E-state index is -0.0962. The highest BCUT2D eigenvalue weighted by Crippen LogP contribution is 2.23. The normalized spacial score (nSPS) is 19.2. The average Bonchev–Trinajstić information content (AvgIpc) is 3.38. The van der Waals surface area contributed by atoms with Crippen molar-refractivity contribution in [3.05, 3.63) is 53.7 Å². The summed E-state index contributed by atoms with van der Waals surface area (Å²) in [4.78, 5) is 22.4. The first-order valence-corrected chi connectivity index (χ1v) is 12.4. The van der Waals surface area contributed by atoms with Gasteiger partial charge in [0.2, 0.25) is 0 Å². The maximum atomic E-state index is 12.4. The number of benzene rings is 1. The molecule has 2 aliphatic heterocycles. The lowest BCUT2D eigenvalue weighted by Gasteiger charge is -2.36. The van der Waals surface area contributed by atoms with Crippen LogP contribution in [0.15, 0.2) is 42.5 Å². The number of carbonyl (C=O) groups excluding carboxylic acids is 1. The standard InChI is InChI=1S/C27H38N4O/c1-3-21(2)19-28-27(32)26-8-6-7-25(29-26)23-11-9-22(10-12-23)20-30-17-13-24(14-18-30)31-15-4-5-16-31/h6-12,21,24H,3-5,13-20H2,1-2H3,(H,28,32)/t21-/m0/s1. The molecule has 1 aromatic carbocycles. The number of rotatable bonds is 8. The molecule has 0 saturated carbocycles. The van der Waals surface area contributed by atoms with Crippen molar-refractivity contribution in [2.75, 3.05) is 32.7 Å². The fourth-order valence-corrected chi connectivity index (χ4v) is 4.81. The number of aromatic nitrogens is 1. The Kier molecular flexibility index (Phi) is 7.93. The number of nitrogens with one attached hydrogen (secondary N) is 1. The zero-order valence-corrected chi connectivity index (χ0v) is 19.7. The summed E-state index contributed by atoms with van der Waals surface area (Å²) >= 11 is 0. The summed E-state index contributed by atoms with van der Waals surface area (Å²) in [6, 6.07) is 15.2. The van der Waals surface area contributed by atoms with Crippen molar-refractivity contribution < 1.29 is 4.79 Å². The summed E-state index contributed by atoms with van der Waals surface area (Å²) < 4.78 is 0. The van der Waals surface area contributed by atoms with Crippen LogP contribution in [-0.4, -0.2) is 59.5 Å². The van der Waals surface area contributed by atoms with Crippen molar-refractivity contribution in [1.29, 1.82) is 0 Å². The van der Waals surface area contributed by atoms with Crippen molar-refractivity contribution in [3.63, 3.8) is 0 Å². The number of hydrogen-bond donors (Lipinski definition) is 1. The van der Waals surface area contributed by atoms with Crippen molar-refractivity contribution in [2.45, 2.75) is 58.5 Å². The summed E-state index contributed by atoms with van der Waals surface area (Å²) in [6.45, 7) is 11.0. The van der Waals surface area contributed by atoms with Crippen molar-refractivity contribution in [1.82, 2.24) is 20.1 Å². The Morgan fingerprint density at radius 2 is 1.78 bits per heavy atom. The van der Waals surface area contributed by atoms with Crippen LogP contribution in [0.25, 0.3) is 11.3 Å². The van der Waals surface area contributed by atoms with Gasteiger partial charge in [0.25, 0.3) is 5.91 Å². The van der Waals surface area contributed by atoms with Gasteiger partial charge in [-0.2, -0.15) is 0 Å². The number of piperidine rings is 1. The molecule has 2 aromatic rings. The van der Waals surface area contributed by atoms with E-state index in [1.165, 1.54) is 57.4 Å². The molecular weight excluding hydrogens is 396 g/mol. The molecule has 2 saturated heterocycles. The van der Waals surface area contributed by atoms with E-state index < -0.39 is 0 Å². The summed E-state index contributed by atoms with van der Waals surface area (Å²) in [6.07, 6.45) is 6.42. The third kappa shape index (κ3) is 5.96. The van der Waals surface area contributed by atoms with E-state index in [-0.39, 0.29) is 5.91 Å². The molecule has 1 aromatic heterocycles. The number of amides is 1. The third-order valence-corrected chi connectivity index (χ3v) is 7.16. The zero-order valence-electron chi connectivity index (χ0n) is 19.7. The minimum absolute atomic E-state index is 0.0962. The first-order chi connectivity index (χ1) is 15.6. The molecule has 1 atom stereocenters. The van der Waals surface area contributed by atoms with Crippen LogP contribution in [0.5, 0.6) is 0 Å². The van der Waals surface area contributed by atoms with E-state index in [0.717, 1.165) is 30.3 Å². The smallest absolute Gasteiger partial charge is 0.269 e. The van der Waals surface area contributed by atoms with E-state index in [1.54, 1.807) is 6.07 Å². The molecule has 3 heterocycles. The monoisotopic (exact) mass is 434 g/mol. The summed E-state index contributed by atoms with van der Waals surface area (Å²) in [5, 5.41) is 2.99. The Morgan fingerprint density at radius 3 is 2.47 bits per heavy atom. The Morgan fingerprint density at radius 1 is 1.06 bits per heavy atom. The van der Waals surface area contributed by atoms with Gasteiger partial charge in [0, 0.05) is 24.7 Å². The quantitative estimate of drug-likeness (QED) is 0.660. The lowest BCUT2D eigenvalue weighted by molar-refractivity contribution is 0.0943. The summed E-state index contributed by atoms with van der Waals surface area (Å²) in [7, 11) is 0. The van der Waals surface area contributed by atoms with Crippen LogP contribution in [-0.2, 0) is 6.54 Å². The van der Waals surface area contributed by atoms with E-state index in [9.17, 15) is 4.79 Å². The van der Waals surface area contributed by atoms with E-state index >= 15 is 0 Å². The third-order valence-electron chi connectivity index (χ3n) is 7.16.